The molecule has 86 valence electrons. The van der Waals surface area contributed by atoms with E-state index < -0.39 is 11.5 Å². The number of carboxylic acids is 1. The van der Waals surface area contributed by atoms with Crippen LogP contribution >= 0.6 is 0 Å². The number of carboxylic acid groups (broad SMARTS) is 1. The Morgan fingerprint density at radius 1 is 1.31 bits per heavy atom. The average molecular weight is 222 g/mol. The van der Waals surface area contributed by atoms with E-state index in [1.165, 1.54) is 6.07 Å². The molecule has 1 saturated heterocycles. The number of hydrogen-bond donors (Lipinski definition) is 3. The number of aromatic carboxylic acids is 1. The molecule has 0 spiro atoms. The fourth-order valence-electron chi connectivity index (χ4n) is 2.03. The van der Waals surface area contributed by atoms with E-state index in [-0.39, 0.29) is 5.56 Å². The van der Waals surface area contributed by atoms with Crippen LogP contribution in [-0.4, -0.2) is 29.1 Å². The molecule has 1 fully saturated rings. The molecule has 0 unspecified atom stereocenters. The van der Waals surface area contributed by atoms with Gasteiger partial charge in [0.25, 0.3) is 5.56 Å². The lowest BCUT2D eigenvalue weighted by Gasteiger charge is -2.22. The summed E-state index contributed by atoms with van der Waals surface area (Å²) in [6.45, 7) is 1.88. The van der Waals surface area contributed by atoms with Crippen LogP contribution in [0.2, 0.25) is 0 Å². The maximum atomic E-state index is 11.5. The lowest BCUT2D eigenvalue weighted by molar-refractivity contribution is 0.0695. The highest BCUT2D eigenvalue weighted by Gasteiger charge is 2.17. The Morgan fingerprint density at radius 3 is 2.56 bits per heavy atom. The smallest absolute Gasteiger partial charge is 0.341 e. The monoisotopic (exact) mass is 222 g/mol. The van der Waals surface area contributed by atoms with Gasteiger partial charge < -0.3 is 15.4 Å². The first-order valence-corrected chi connectivity index (χ1v) is 5.35. The molecule has 1 aromatic rings. The zero-order chi connectivity index (χ0) is 11.5. The van der Waals surface area contributed by atoms with Crippen LogP contribution < -0.4 is 10.9 Å². The van der Waals surface area contributed by atoms with E-state index in [2.05, 4.69) is 10.3 Å². The van der Waals surface area contributed by atoms with Crippen molar-refractivity contribution in [3.63, 3.8) is 0 Å². The van der Waals surface area contributed by atoms with E-state index in [1.54, 1.807) is 6.07 Å². The Bertz CT molecular complexity index is 447. The molecule has 0 aromatic carbocycles. The van der Waals surface area contributed by atoms with Crippen LogP contribution in [0.5, 0.6) is 0 Å². The quantitative estimate of drug-likeness (QED) is 0.682. The van der Waals surface area contributed by atoms with Gasteiger partial charge in [0, 0.05) is 11.6 Å². The summed E-state index contributed by atoms with van der Waals surface area (Å²) in [5.41, 5.74) is 0.137. The average Bonchev–Trinajstić information content (AvgIpc) is 2.29. The standard InChI is InChI=1S/C11H14N2O3/c14-10-8(11(15)16)1-2-9(13-10)7-3-5-12-6-4-7/h1-2,7,12H,3-6H2,(H,13,14)(H,15,16). The number of piperidine rings is 1. The van der Waals surface area contributed by atoms with Crippen molar-refractivity contribution in [3.05, 3.63) is 33.7 Å². The van der Waals surface area contributed by atoms with Gasteiger partial charge in [-0.1, -0.05) is 0 Å². The lowest BCUT2D eigenvalue weighted by Crippen LogP contribution is -2.28. The SMILES string of the molecule is O=C(O)c1ccc(C2CCNCC2)[nH]c1=O. The van der Waals surface area contributed by atoms with Crippen LogP contribution in [0.4, 0.5) is 0 Å². The summed E-state index contributed by atoms with van der Waals surface area (Å²) >= 11 is 0. The van der Waals surface area contributed by atoms with E-state index >= 15 is 0 Å². The highest BCUT2D eigenvalue weighted by atomic mass is 16.4. The minimum atomic E-state index is -1.18. The van der Waals surface area contributed by atoms with Crippen molar-refractivity contribution >= 4 is 5.97 Å². The molecular weight excluding hydrogens is 208 g/mol. The zero-order valence-electron chi connectivity index (χ0n) is 8.82. The van der Waals surface area contributed by atoms with Crippen molar-refractivity contribution in [3.8, 4) is 0 Å². The van der Waals surface area contributed by atoms with Gasteiger partial charge in [-0.05, 0) is 38.1 Å². The highest BCUT2D eigenvalue weighted by molar-refractivity contribution is 5.86. The van der Waals surface area contributed by atoms with Crippen LogP contribution in [0.1, 0.15) is 34.8 Å². The van der Waals surface area contributed by atoms with Crippen molar-refractivity contribution in [2.24, 2.45) is 0 Å². The first-order chi connectivity index (χ1) is 7.68. The number of aromatic nitrogens is 1. The minimum Gasteiger partial charge on any atom is -0.477 e. The Hall–Kier alpha value is -1.62. The minimum absolute atomic E-state index is 0.197. The van der Waals surface area contributed by atoms with Gasteiger partial charge in [0.05, 0.1) is 0 Å². The number of carbonyl (C=O) groups is 1. The predicted octanol–water partition coefficient (Wildman–Crippen LogP) is 0.540. The molecule has 3 N–H and O–H groups in total. The van der Waals surface area contributed by atoms with Crippen molar-refractivity contribution in [1.29, 1.82) is 0 Å². The molecule has 1 aliphatic heterocycles. The largest absolute Gasteiger partial charge is 0.477 e. The number of hydrogen-bond acceptors (Lipinski definition) is 3. The number of H-pyrrole nitrogens is 1. The summed E-state index contributed by atoms with van der Waals surface area (Å²) in [7, 11) is 0. The third kappa shape index (κ3) is 2.14. The fourth-order valence-corrected chi connectivity index (χ4v) is 2.03. The van der Waals surface area contributed by atoms with Gasteiger partial charge >= 0.3 is 5.97 Å². The molecule has 0 amide bonds. The van der Waals surface area contributed by atoms with E-state index in [0.717, 1.165) is 31.6 Å². The van der Waals surface area contributed by atoms with Crippen molar-refractivity contribution in [1.82, 2.24) is 10.3 Å². The van der Waals surface area contributed by atoms with Crippen LogP contribution in [0.15, 0.2) is 16.9 Å². The summed E-state index contributed by atoms with van der Waals surface area (Å²) < 4.78 is 0. The second-order valence-electron chi connectivity index (χ2n) is 3.99. The zero-order valence-corrected chi connectivity index (χ0v) is 8.82. The van der Waals surface area contributed by atoms with Crippen LogP contribution in [0, 0.1) is 0 Å². The molecule has 2 rings (SSSR count). The molecule has 0 aliphatic carbocycles. The molecule has 0 radical (unpaired) electrons. The molecule has 2 heterocycles. The van der Waals surface area contributed by atoms with Gasteiger partial charge in [0.15, 0.2) is 0 Å². The molecular formula is C11H14N2O3. The molecule has 1 aromatic heterocycles. The number of rotatable bonds is 2. The second-order valence-corrected chi connectivity index (χ2v) is 3.99. The first-order valence-electron chi connectivity index (χ1n) is 5.35. The second kappa shape index (κ2) is 4.49. The Balaban J connectivity index is 2.26. The van der Waals surface area contributed by atoms with E-state index in [0.29, 0.717) is 5.92 Å². The van der Waals surface area contributed by atoms with Crippen molar-refractivity contribution < 1.29 is 9.90 Å². The molecule has 1 aliphatic rings. The van der Waals surface area contributed by atoms with E-state index in [4.69, 9.17) is 5.11 Å². The molecule has 0 bridgehead atoms. The number of pyridine rings is 1. The Kier molecular flexibility index (Phi) is 3.05. The third-order valence-corrected chi connectivity index (χ3v) is 2.94. The fraction of sp³-hybridized carbons (Fsp3) is 0.455. The topological polar surface area (TPSA) is 82.2 Å². The summed E-state index contributed by atoms with van der Waals surface area (Å²) in [6.07, 6.45) is 1.95. The Labute approximate surface area is 92.5 Å². The number of aromatic amines is 1. The maximum absolute atomic E-state index is 11.5. The summed E-state index contributed by atoms with van der Waals surface area (Å²) in [6, 6.07) is 3.10. The van der Waals surface area contributed by atoms with Gasteiger partial charge in [-0.15, -0.1) is 0 Å². The molecule has 5 nitrogen and oxygen atoms in total. The molecule has 16 heavy (non-hydrogen) atoms. The summed E-state index contributed by atoms with van der Waals surface area (Å²) in [5.74, 6) is -0.852. The summed E-state index contributed by atoms with van der Waals surface area (Å²) in [5, 5.41) is 12.0. The van der Waals surface area contributed by atoms with Gasteiger partial charge in [0.2, 0.25) is 0 Å². The van der Waals surface area contributed by atoms with Crippen LogP contribution in [0.3, 0.4) is 0 Å². The highest BCUT2D eigenvalue weighted by Crippen LogP contribution is 2.22. The predicted molar refractivity (Wildman–Crippen MR) is 58.9 cm³/mol. The molecule has 0 saturated carbocycles. The molecule has 0 atom stereocenters. The van der Waals surface area contributed by atoms with E-state index in [1.807, 2.05) is 0 Å². The van der Waals surface area contributed by atoms with Gasteiger partial charge in [-0.25, -0.2) is 4.79 Å². The third-order valence-electron chi connectivity index (χ3n) is 2.94. The van der Waals surface area contributed by atoms with Gasteiger partial charge in [-0.2, -0.15) is 0 Å². The first kappa shape index (κ1) is 10.9. The van der Waals surface area contributed by atoms with E-state index in [9.17, 15) is 9.59 Å². The van der Waals surface area contributed by atoms with Crippen molar-refractivity contribution in [2.75, 3.05) is 13.1 Å². The Morgan fingerprint density at radius 2 is 2.00 bits per heavy atom. The normalized spacial score (nSPS) is 17.2. The summed E-state index contributed by atoms with van der Waals surface area (Å²) in [4.78, 5) is 24.8. The van der Waals surface area contributed by atoms with Gasteiger partial charge in [-0.3, -0.25) is 4.79 Å². The van der Waals surface area contributed by atoms with Crippen LogP contribution in [-0.2, 0) is 0 Å². The van der Waals surface area contributed by atoms with Crippen LogP contribution in [0.25, 0.3) is 0 Å². The lowest BCUT2D eigenvalue weighted by atomic mass is 9.94. The maximum Gasteiger partial charge on any atom is 0.341 e. The number of nitrogens with one attached hydrogen (secondary N) is 2. The van der Waals surface area contributed by atoms with Gasteiger partial charge in [0.1, 0.15) is 5.56 Å². The van der Waals surface area contributed by atoms with Crippen molar-refractivity contribution in [2.45, 2.75) is 18.8 Å². The molecule has 5 heteroatoms.